The summed E-state index contributed by atoms with van der Waals surface area (Å²) in [4.78, 5) is 4.43. The molecule has 0 amide bonds. The zero-order valence-electron chi connectivity index (χ0n) is 11.7. The van der Waals surface area contributed by atoms with Gasteiger partial charge < -0.3 is 14.2 Å². The van der Waals surface area contributed by atoms with Gasteiger partial charge in [-0.25, -0.2) is 0 Å². The first-order valence-electron chi connectivity index (χ1n) is 7.12. The van der Waals surface area contributed by atoms with E-state index < -0.39 is 0 Å². The van der Waals surface area contributed by atoms with Crippen LogP contribution in [0.3, 0.4) is 0 Å². The van der Waals surface area contributed by atoms with E-state index in [2.05, 4.69) is 4.98 Å². The summed E-state index contributed by atoms with van der Waals surface area (Å²) in [5, 5.41) is 0. The zero-order valence-corrected chi connectivity index (χ0v) is 12.5. The number of alkyl halides is 1. The Hall–Kier alpha value is -0.840. The Bertz CT molecular complexity index is 474. The Morgan fingerprint density at radius 1 is 1.45 bits per heavy atom. The van der Waals surface area contributed by atoms with Crippen LogP contribution in [0.15, 0.2) is 12.1 Å². The Morgan fingerprint density at radius 2 is 2.35 bits per heavy atom. The number of hydrogen-bond acceptors (Lipinski definition) is 4. The third-order valence-electron chi connectivity index (χ3n) is 4.01. The van der Waals surface area contributed by atoms with Crippen LogP contribution in [0.25, 0.3) is 0 Å². The van der Waals surface area contributed by atoms with Gasteiger partial charge in [0, 0.05) is 31.6 Å². The number of aryl methyl sites for hydroxylation is 1. The predicted molar refractivity (Wildman–Crippen MR) is 76.3 cm³/mol. The number of aromatic nitrogens is 1. The molecule has 0 saturated carbocycles. The van der Waals surface area contributed by atoms with Crippen LogP contribution in [0.4, 0.5) is 0 Å². The molecule has 0 aliphatic carbocycles. The molecule has 2 saturated heterocycles. The first-order valence-corrected chi connectivity index (χ1v) is 7.65. The van der Waals surface area contributed by atoms with E-state index in [1.54, 1.807) is 0 Å². The minimum atomic E-state index is -0.137. The molecular formula is C15H20ClNO3. The van der Waals surface area contributed by atoms with Crippen LogP contribution < -0.4 is 4.74 Å². The Balaban J connectivity index is 1.71. The summed E-state index contributed by atoms with van der Waals surface area (Å²) in [6.45, 7) is 4.15. The fourth-order valence-corrected chi connectivity index (χ4v) is 3.12. The van der Waals surface area contributed by atoms with E-state index in [1.807, 2.05) is 19.1 Å². The largest absolute Gasteiger partial charge is 0.488 e. The molecule has 2 atom stereocenters. The van der Waals surface area contributed by atoms with Crippen molar-refractivity contribution in [2.45, 2.75) is 43.8 Å². The normalized spacial score (nSPS) is 29.8. The molecular weight excluding hydrogens is 278 g/mol. The molecule has 0 N–H and O–H groups in total. The van der Waals surface area contributed by atoms with Crippen molar-refractivity contribution < 1.29 is 14.2 Å². The van der Waals surface area contributed by atoms with Gasteiger partial charge >= 0.3 is 0 Å². The summed E-state index contributed by atoms with van der Waals surface area (Å²) in [6.07, 6.45) is 2.89. The highest BCUT2D eigenvalue weighted by atomic mass is 35.5. The average Bonchev–Trinajstić information content (AvgIpc) is 2.89. The van der Waals surface area contributed by atoms with Crippen molar-refractivity contribution in [3.63, 3.8) is 0 Å². The number of rotatable bonds is 3. The van der Waals surface area contributed by atoms with Crippen LogP contribution >= 0.6 is 11.6 Å². The van der Waals surface area contributed by atoms with Crippen LogP contribution in [0.1, 0.15) is 30.7 Å². The van der Waals surface area contributed by atoms with Crippen LogP contribution in [0, 0.1) is 6.92 Å². The SMILES string of the molecule is Cc1ccc(OC2CCOC3(CCOC3)C2)c(CCl)n1. The molecule has 4 nitrogen and oxygen atoms in total. The standard InChI is InChI=1S/C15H20ClNO3/c1-11-2-3-14(13(9-16)17-11)20-12-4-6-19-15(8-12)5-7-18-10-15/h2-3,12H,4-10H2,1H3. The van der Waals surface area contributed by atoms with Gasteiger partial charge in [-0.1, -0.05) is 0 Å². The average molecular weight is 298 g/mol. The molecule has 5 heteroatoms. The molecule has 2 unspecified atom stereocenters. The fourth-order valence-electron chi connectivity index (χ4n) is 2.93. The second-order valence-electron chi connectivity index (χ2n) is 5.60. The van der Waals surface area contributed by atoms with Crippen LogP contribution in [-0.4, -0.2) is 36.5 Å². The summed E-state index contributed by atoms with van der Waals surface area (Å²) in [6, 6.07) is 3.92. The second-order valence-corrected chi connectivity index (χ2v) is 5.87. The Kier molecular flexibility index (Phi) is 4.15. The van der Waals surface area contributed by atoms with Gasteiger partial charge in [0.25, 0.3) is 0 Å². The van der Waals surface area contributed by atoms with Gasteiger partial charge in [0.05, 0.1) is 30.4 Å². The van der Waals surface area contributed by atoms with Gasteiger partial charge in [-0.3, -0.25) is 4.98 Å². The van der Waals surface area contributed by atoms with Gasteiger partial charge in [-0.05, 0) is 19.1 Å². The number of halogens is 1. The molecule has 0 bridgehead atoms. The summed E-state index contributed by atoms with van der Waals surface area (Å²) < 4.78 is 17.5. The van der Waals surface area contributed by atoms with Crippen molar-refractivity contribution in [1.29, 1.82) is 0 Å². The lowest BCUT2D eigenvalue weighted by atomic mass is 9.91. The number of pyridine rings is 1. The highest BCUT2D eigenvalue weighted by Crippen LogP contribution is 2.35. The first-order chi connectivity index (χ1) is 9.71. The maximum Gasteiger partial charge on any atom is 0.142 e. The summed E-state index contributed by atoms with van der Waals surface area (Å²) in [5.74, 6) is 1.17. The van der Waals surface area contributed by atoms with E-state index in [-0.39, 0.29) is 11.7 Å². The molecule has 2 aliphatic rings. The minimum Gasteiger partial charge on any atom is -0.488 e. The highest BCUT2D eigenvalue weighted by Gasteiger charge is 2.41. The third kappa shape index (κ3) is 2.92. The smallest absolute Gasteiger partial charge is 0.142 e. The predicted octanol–water partition coefficient (Wildman–Crippen LogP) is 2.85. The van der Waals surface area contributed by atoms with Crippen molar-refractivity contribution in [3.05, 3.63) is 23.5 Å². The summed E-state index contributed by atoms with van der Waals surface area (Å²) in [5.41, 5.74) is 1.64. The quantitative estimate of drug-likeness (QED) is 0.805. The van der Waals surface area contributed by atoms with Crippen molar-refractivity contribution in [2.75, 3.05) is 19.8 Å². The molecule has 0 radical (unpaired) electrons. The molecule has 110 valence electrons. The van der Waals surface area contributed by atoms with Crippen LogP contribution in [-0.2, 0) is 15.4 Å². The van der Waals surface area contributed by atoms with Gasteiger partial charge in [0.15, 0.2) is 0 Å². The first kappa shape index (κ1) is 14.1. The molecule has 1 aromatic heterocycles. The third-order valence-corrected chi connectivity index (χ3v) is 4.26. The second kappa shape index (κ2) is 5.88. The maximum absolute atomic E-state index is 6.14. The topological polar surface area (TPSA) is 40.6 Å². The van der Waals surface area contributed by atoms with Crippen LogP contribution in [0.5, 0.6) is 5.75 Å². The van der Waals surface area contributed by atoms with Gasteiger partial charge in [0.2, 0.25) is 0 Å². The molecule has 2 fully saturated rings. The molecule has 3 heterocycles. The van der Waals surface area contributed by atoms with Crippen molar-refractivity contribution >= 4 is 11.6 Å². The summed E-state index contributed by atoms with van der Waals surface area (Å²) in [7, 11) is 0. The van der Waals surface area contributed by atoms with Crippen molar-refractivity contribution in [3.8, 4) is 5.75 Å². The van der Waals surface area contributed by atoms with Crippen molar-refractivity contribution in [1.82, 2.24) is 4.98 Å². The lowest BCUT2D eigenvalue weighted by Gasteiger charge is -2.37. The molecule has 20 heavy (non-hydrogen) atoms. The lowest BCUT2D eigenvalue weighted by molar-refractivity contribution is -0.112. The lowest BCUT2D eigenvalue weighted by Crippen LogP contribution is -2.44. The minimum absolute atomic E-state index is 0.137. The molecule has 1 aromatic rings. The highest BCUT2D eigenvalue weighted by molar-refractivity contribution is 6.17. The van der Waals surface area contributed by atoms with E-state index in [4.69, 9.17) is 25.8 Å². The van der Waals surface area contributed by atoms with Gasteiger partial charge in [-0.15, -0.1) is 11.6 Å². The van der Waals surface area contributed by atoms with E-state index in [0.29, 0.717) is 12.5 Å². The van der Waals surface area contributed by atoms with E-state index in [9.17, 15) is 0 Å². The number of nitrogens with zero attached hydrogens (tertiary/aromatic N) is 1. The van der Waals surface area contributed by atoms with Crippen molar-refractivity contribution in [2.24, 2.45) is 0 Å². The molecule has 0 aromatic carbocycles. The van der Waals surface area contributed by atoms with Gasteiger partial charge in [-0.2, -0.15) is 0 Å². The van der Waals surface area contributed by atoms with E-state index >= 15 is 0 Å². The Labute approximate surface area is 124 Å². The molecule has 3 rings (SSSR count). The van der Waals surface area contributed by atoms with E-state index in [0.717, 1.165) is 49.6 Å². The Morgan fingerprint density at radius 3 is 3.10 bits per heavy atom. The molecule has 2 aliphatic heterocycles. The fraction of sp³-hybridized carbons (Fsp3) is 0.667. The summed E-state index contributed by atoms with van der Waals surface area (Å²) >= 11 is 5.96. The number of ether oxygens (including phenoxy) is 3. The van der Waals surface area contributed by atoms with Gasteiger partial charge in [0.1, 0.15) is 11.9 Å². The maximum atomic E-state index is 6.14. The van der Waals surface area contributed by atoms with E-state index in [1.165, 1.54) is 0 Å². The van der Waals surface area contributed by atoms with Crippen LogP contribution in [0.2, 0.25) is 0 Å². The molecule has 1 spiro atoms. The monoisotopic (exact) mass is 297 g/mol. The zero-order chi connectivity index (χ0) is 14.0. The number of hydrogen-bond donors (Lipinski definition) is 0.